The van der Waals surface area contributed by atoms with E-state index < -0.39 is 0 Å². The molecule has 0 aliphatic carbocycles. The highest BCUT2D eigenvalue weighted by molar-refractivity contribution is 6.33. The SMILES string of the molecule is Cc1ccc(-c2noc(-c3cnn4c(C5CCNCC5)cc(=O)[nH]c34)n2)c(Cl)c1.Cl. The first-order chi connectivity index (χ1) is 14.1. The average molecular weight is 447 g/mol. The second kappa shape index (κ2) is 8.22. The zero-order valence-corrected chi connectivity index (χ0v) is 17.8. The van der Waals surface area contributed by atoms with Gasteiger partial charge in [0.15, 0.2) is 0 Å². The molecule has 0 amide bonds. The number of aromatic amines is 1. The van der Waals surface area contributed by atoms with Gasteiger partial charge in [0.1, 0.15) is 11.2 Å². The number of fused-ring (bicyclic) bond motifs is 1. The Bertz CT molecular complexity index is 1260. The van der Waals surface area contributed by atoms with E-state index in [1.54, 1.807) is 16.8 Å². The summed E-state index contributed by atoms with van der Waals surface area (Å²) in [5.74, 6) is 0.948. The van der Waals surface area contributed by atoms with Crippen LogP contribution in [0.15, 0.2) is 39.8 Å². The Kier molecular flexibility index (Phi) is 5.64. The summed E-state index contributed by atoms with van der Waals surface area (Å²) in [5, 5.41) is 12.5. The predicted octanol–water partition coefficient (Wildman–Crippen LogP) is 3.59. The van der Waals surface area contributed by atoms with Crippen LogP contribution in [0, 0.1) is 6.92 Å². The summed E-state index contributed by atoms with van der Waals surface area (Å²) in [6.45, 7) is 3.82. The molecule has 0 bridgehead atoms. The van der Waals surface area contributed by atoms with E-state index in [0.717, 1.165) is 37.2 Å². The maximum atomic E-state index is 12.3. The summed E-state index contributed by atoms with van der Waals surface area (Å²) in [4.78, 5) is 19.7. The Labute approximate surface area is 183 Å². The van der Waals surface area contributed by atoms with Crippen molar-refractivity contribution < 1.29 is 4.52 Å². The van der Waals surface area contributed by atoms with Gasteiger partial charge >= 0.3 is 0 Å². The molecule has 8 nitrogen and oxygen atoms in total. The van der Waals surface area contributed by atoms with Gasteiger partial charge in [-0.15, -0.1) is 12.4 Å². The highest BCUT2D eigenvalue weighted by atomic mass is 35.5. The van der Waals surface area contributed by atoms with E-state index in [1.165, 1.54) is 0 Å². The zero-order valence-electron chi connectivity index (χ0n) is 16.2. The molecule has 156 valence electrons. The first-order valence-electron chi connectivity index (χ1n) is 9.52. The van der Waals surface area contributed by atoms with E-state index in [0.29, 0.717) is 27.6 Å². The molecular weight excluding hydrogens is 427 g/mol. The van der Waals surface area contributed by atoms with Crippen molar-refractivity contribution >= 4 is 29.7 Å². The van der Waals surface area contributed by atoms with Gasteiger partial charge < -0.3 is 14.8 Å². The fourth-order valence-corrected chi connectivity index (χ4v) is 4.14. The summed E-state index contributed by atoms with van der Waals surface area (Å²) in [5.41, 5.74) is 3.60. The fourth-order valence-electron chi connectivity index (χ4n) is 3.82. The molecule has 0 atom stereocenters. The molecule has 0 unspecified atom stereocenters. The van der Waals surface area contributed by atoms with Crippen LogP contribution < -0.4 is 10.9 Å². The van der Waals surface area contributed by atoms with E-state index in [2.05, 4.69) is 25.5 Å². The van der Waals surface area contributed by atoms with Crippen LogP contribution in [0.2, 0.25) is 5.02 Å². The monoisotopic (exact) mass is 446 g/mol. The normalized spacial score (nSPS) is 14.7. The quantitative estimate of drug-likeness (QED) is 0.498. The van der Waals surface area contributed by atoms with Gasteiger partial charge in [-0.05, 0) is 50.6 Å². The molecule has 0 spiro atoms. The van der Waals surface area contributed by atoms with Crippen molar-refractivity contribution in [3.8, 4) is 22.8 Å². The average Bonchev–Trinajstić information content (AvgIpc) is 3.35. The van der Waals surface area contributed by atoms with Crippen LogP contribution in [0.5, 0.6) is 0 Å². The summed E-state index contributed by atoms with van der Waals surface area (Å²) in [7, 11) is 0. The molecule has 2 N–H and O–H groups in total. The maximum Gasteiger partial charge on any atom is 0.263 e. The van der Waals surface area contributed by atoms with Crippen LogP contribution in [-0.4, -0.2) is 37.8 Å². The van der Waals surface area contributed by atoms with Crippen LogP contribution in [-0.2, 0) is 0 Å². The number of rotatable bonds is 3. The molecule has 10 heteroatoms. The van der Waals surface area contributed by atoms with E-state index in [9.17, 15) is 4.79 Å². The van der Waals surface area contributed by atoms with Crippen molar-refractivity contribution in [1.29, 1.82) is 0 Å². The van der Waals surface area contributed by atoms with Crippen molar-refractivity contribution in [3.63, 3.8) is 0 Å². The number of benzene rings is 1. The highest BCUT2D eigenvalue weighted by Crippen LogP contribution is 2.31. The van der Waals surface area contributed by atoms with Gasteiger partial charge in [-0.25, -0.2) is 4.52 Å². The Balaban J connectivity index is 0.00000218. The van der Waals surface area contributed by atoms with Crippen LogP contribution >= 0.6 is 24.0 Å². The van der Waals surface area contributed by atoms with E-state index in [-0.39, 0.29) is 29.8 Å². The molecular formula is C20H20Cl2N6O2. The molecule has 1 aliphatic heterocycles. The van der Waals surface area contributed by atoms with E-state index >= 15 is 0 Å². The third-order valence-electron chi connectivity index (χ3n) is 5.31. The van der Waals surface area contributed by atoms with Crippen LogP contribution in [0.1, 0.15) is 30.0 Å². The number of piperidine rings is 1. The molecule has 4 aromatic rings. The van der Waals surface area contributed by atoms with Gasteiger partial charge in [-0.3, -0.25) is 4.79 Å². The second-order valence-electron chi connectivity index (χ2n) is 7.31. The molecule has 3 aromatic heterocycles. The zero-order chi connectivity index (χ0) is 20.0. The van der Waals surface area contributed by atoms with Crippen molar-refractivity contribution in [3.05, 3.63) is 57.1 Å². The number of hydrogen-bond donors (Lipinski definition) is 2. The minimum Gasteiger partial charge on any atom is -0.333 e. The molecule has 1 aliphatic rings. The molecule has 5 rings (SSSR count). The molecule has 1 aromatic carbocycles. The Morgan fingerprint density at radius 3 is 2.77 bits per heavy atom. The van der Waals surface area contributed by atoms with Gasteiger partial charge in [0.25, 0.3) is 11.4 Å². The Morgan fingerprint density at radius 1 is 1.20 bits per heavy atom. The van der Waals surface area contributed by atoms with Crippen LogP contribution in [0.3, 0.4) is 0 Å². The molecule has 1 saturated heterocycles. The van der Waals surface area contributed by atoms with Crippen molar-refractivity contribution in [2.45, 2.75) is 25.7 Å². The van der Waals surface area contributed by atoms with Gasteiger partial charge in [0.05, 0.1) is 16.9 Å². The topological polar surface area (TPSA) is 101 Å². The second-order valence-corrected chi connectivity index (χ2v) is 7.72. The van der Waals surface area contributed by atoms with E-state index in [1.807, 2.05) is 25.1 Å². The van der Waals surface area contributed by atoms with E-state index in [4.69, 9.17) is 16.1 Å². The number of nitrogens with zero attached hydrogens (tertiary/aromatic N) is 4. The lowest BCUT2D eigenvalue weighted by atomic mass is 9.94. The van der Waals surface area contributed by atoms with Gasteiger partial charge in [-0.2, -0.15) is 10.1 Å². The molecule has 4 heterocycles. The van der Waals surface area contributed by atoms with Crippen molar-refractivity contribution in [2.24, 2.45) is 0 Å². The third kappa shape index (κ3) is 3.62. The first kappa shape index (κ1) is 20.6. The number of aromatic nitrogens is 5. The summed E-state index contributed by atoms with van der Waals surface area (Å²) < 4.78 is 7.25. The molecule has 30 heavy (non-hydrogen) atoms. The highest BCUT2D eigenvalue weighted by Gasteiger charge is 2.23. The maximum absolute atomic E-state index is 12.3. The first-order valence-corrected chi connectivity index (χ1v) is 9.90. The van der Waals surface area contributed by atoms with Crippen molar-refractivity contribution in [1.82, 2.24) is 30.1 Å². The third-order valence-corrected chi connectivity index (χ3v) is 5.63. The minimum absolute atomic E-state index is 0. The number of aryl methyl sites for hydroxylation is 1. The standard InChI is InChI=1S/C20H19ClN6O2.ClH/c1-11-2-3-13(15(21)8-11)18-25-20(29-26-18)14-10-23-27-16(9-17(28)24-19(14)27)12-4-6-22-7-5-12;/h2-3,8-10,12,22H,4-7H2,1H3,(H,24,28);1H. The molecule has 1 fully saturated rings. The number of nitrogens with one attached hydrogen (secondary N) is 2. The summed E-state index contributed by atoms with van der Waals surface area (Å²) >= 11 is 6.33. The smallest absolute Gasteiger partial charge is 0.263 e. The van der Waals surface area contributed by atoms with Crippen LogP contribution in [0.4, 0.5) is 0 Å². The lowest BCUT2D eigenvalue weighted by Gasteiger charge is -2.23. The molecule has 0 radical (unpaired) electrons. The predicted molar refractivity (Wildman–Crippen MR) is 116 cm³/mol. The van der Waals surface area contributed by atoms with Gasteiger partial charge in [0, 0.05) is 17.5 Å². The Morgan fingerprint density at radius 2 is 2.00 bits per heavy atom. The fraction of sp³-hybridized carbons (Fsp3) is 0.300. The minimum atomic E-state index is -0.172. The van der Waals surface area contributed by atoms with Gasteiger partial charge in [0.2, 0.25) is 5.82 Å². The molecule has 0 saturated carbocycles. The summed E-state index contributed by atoms with van der Waals surface area (Å²) in [6.07, 6.45) is 3.57. The Hall–Kier alpha value is -2.68. The largest absolute Gasteiger partial charge is 0.333 e. The lowest BCUT2D eigenvalue weighted by Crippen LogP contribution is -2.28. The lowest BCUT2D eigenvalue weighted by molar-refractivity contribution is 0.432. The number of hydrogen-bond acceptors (Lipinski definition) is 6. The van der Waals surface area contributed by atoms with Crippen molar-refractivity contribution in [2.75, 3.05) is 13.1 Å². The number of H-pyrrole nitrogens is 1. The summed E-state index contributed by atoms with van der Waals surface area (Å²) in [6, 6.07) is 7.28. The number of halogens is 2. The van der Waals surface area contributed by atoms with Crippen LogP contribution in [0.25, 0.3) is 28.5 Å². The van der Waals surface area contributed by atoms with Gasteiger partial charge in [-0.1, -0.05) is 22.8 Å².